The third-order valence-electron chi connectivity index (χ3n) is 2.45. The van der Waals surface area contributed by atoms with E-state index in [1.54, 1.807) is 0 Å². The summed E-state index contributed by atoms with van der Waals surface area (Å²) in [7, 11) is 0. The van der Waals surface area contributed by atoms with Gasteiger partial charge in [0.05, 0.1) is 32.2 Å². The molecule has 0 saturated carbocycles. The third-order valence-corrected chi connectivity index (χ3v) is 8.17. The van der Waals surface area contributed by atoms with Crippen LogP contribution in [0, 0.1) is 0 Å². The van der Waals surface area contributed by atoms with Crippen LogP contribution < -0.4 is 0 Å². The summed E-state index contributed by atoms with van der Waals surface area (Å²) in [6.07, 6.45) is 1.75. The number of aliphatic carboxylic acids is 4. The molecule has 0 spiro atoms. The molecular formula is C13H20O8S4. The fraction of sp³-hybridized carbons (Fsp3) is 0.692. The van der Waals surface area contributed by atoms with Gasteiger partial charge < -0.3 is 20.4 Å². The third kappa shape index (κ3) is 16.5. The molecule has 0 aromatic heterocycles. The van der Waals surface area contributed by atoms with E-state index in [0.717, 1.165) is 47.0 Å². The van der Waals surface area contributed by atoms with E-state index in [4.69, 9.17) is 20.4 Å². The van der Waals surface area contributed by atoms with Crippen molar-refractivity contribution in [3.05, 3.63) is 0 Å². The van der Waals surface area contributed by atoms with Crippen molar-refractivity contribution < 1.29 is 39.6 Å². The van der Waals surface area contributed by atoms with Crippen LogP contribution >= 0.6 is 47.0 Å². The molecule has 144 valence electrons. The van der Waals surface area contributed by atoms with Crippen molar-refractivity contribution in [2.75, 3.05) is 23.0 Å². The van der Waals surface area contributed by atoms with Gasteiger partial charge in [-0.15, -0.1) is 47.0 Å². The summed E-state index contributed by atoms with van der Waals surface area (Å²) in [5.41, 5.74) is 0. The predicted octanol–water partition coefficient (Wildman–Crippen LogP) is 2.08. The molecule has 0 rings (SSSR count). The molecule has 0 bridgehead atoms. The van der Waals surface area contributed by atoms with Gasteiger partial charge in [-0.05, 0) is 19.3 Å². The van der Waals surface area contributed by atoms with Gasteiger partial charge in [0.15, 0.2) is 0 Å². The van der Waals surface area contributed by atoms with E-state index in [9.17, 15) is 19.2 Å². The van der Waals surface area contributed by atoms with Gasteiger partial charge in [0.2, 0.25) is 0 Å². The second-order valence-corrected chi connectivity index (χ2v) is 9.97. The molecule has 0 amide bonds. The van der Waals surface area contributed by atoms with Gasteiger partial charge in [0.25, 0.3) is 0 Å². The summed E-state index contributed by atoms with van der Waals surface area (Å²) in [5.74, 6) is -4.39. The van der Waals surface area contributed by atoms with Crippen LogP contribution in [0.3, 0.4) is 0 Å². The fourth-order valence-corrected chi connectivity index (χ4v) is 5.77. The number of rotatable bonds is 16. The lowest BCUT2D eigenvalue weighted by atomic mass is 10.3. The van der Waals surface area contributed by atoms with E-state index in [-0.39, 0.29) is 32.2 Å². The van der Waals surface area contributed by atoms with Crippen LogP contribution in [0.5, 0.6) is 0 Å². The summed E-state index contributed by atoms with van der Waals surface area (Å²) in [4.78, 5) is 42.6. The monoisotopic (exact) mass is 432 g/mol. The van der Waals surface area contributed by atoms with Crippen molar-refractivity contribution in [1.29, 1.82) is 0 Å². The van der Waals surface area contributed by atoms with Gasteiger partial charge in [0.1, 0.15) is 0 Å². The van der Waals surface area contributed by atoms with Crippen molar-refractivity contribution in [2.24, 2.45) is 0 Å². The molecule has 0 aliphatic heterocycles. The number of carboxylic acid groups (broad SMARTS) is 4. The fourth-order valence-electron chi connectivity index (χ4n) is 1.54. The van der Waals surface area contributed by atoms with Crippen molar-refractivity contribution in [1.82, 2.24) is 0 Å². The highest BCUT2D eigenvalue weighted by Gasteiger charge is 2.17. The number of thioether (sulfide) groups is 4. The largest absolute Gasteiger partial charge is 0.481 e. The van der Waals surface area contributed by atoms with Crippen molar-refractivity contribution >= 4 is 70.9 Å². The second kappa shape index (κ2) is 14.4. The van der Waals surface area contributed by atoms with E-state index in [0.29, 0.717) is 19.3 Å². The van der Waals surface area contributed by atoms with Crippen LogP contribution in [0.15, 0.2) is 0 Å². The van der Waals surface area contributed by atoms with Crippen LogP contribution in [0.2, 0.25) is 0 Å². The van der Waals surface area contributed by atoms with Gasteiger partial charge in [-0.25, -0.2) is 0 Å². The maximum Gasteiger partial charge on any atom is 0.313 e. The maximum atomic E-state index is 10.7. The molecule has 0 fully saturated rings. The highest BCUT2D eigenvalue weighted by molar-refractivity contribution is 8.17. The SMILES string of the molecule is O=C(O)CSC(CCCC(SCC(=O)O)SCC(=O)O)SCC(=O)O. The predicted molar refractivity (Wildman–Crippen MR) is 102 cm³/mol. The molecule has 4 N–H and O–H groups in total. The van der Waals surface area contributed by atoms with Crippen molar-refractivity contribution in [3.63, 3.8) is 0 Å². The molecule has 0 aromatic carbocycles. The molecule has 0 unspecified atom stereocenters. The van der Waals surface area contributed by atoms with Gasteiger partial charge in [0, 0.05) is 0 Å². The maximum absolute atomic E-state index is 10.7. The van der Waals surface area contributed by atoms with Gasteiger partial charge in [-0.2, -0.15) is 0 Å². The van der Waals surface area contributed by atoms with Crippen molar-refractivity contribution in [3.8, 4) is 0 Å². The van der Waals surface area contributed by atoms with Gasteiger partial charge >= 0.3 is 23.9 Å². The summed E-state index contributed by atoms with van der Waals surface area (Å²) in [6, 6.07) is 0. The number of hydrogen-bond acceptors (Lipinski definition) is 8. The normalized spacial score (nSPS) is 11.0. The Bertz CT molecular complexity index is 383. The molecule has 0 atom stereocenters. The molecule has 0 radical (unpaired) electrons. The average molecular weight is 433 g/mol. The standard InChI is InChI=1S/C13H20O8S4/c14-8(15)4-22-12(23-5-9(16)17)2-1-3-13(24-6-10(18)19)25-7-11(20)21/h12-13H,1-7H2,(H,14,15)(H,16,17)(H,18,19)(H,20,21). The van der Waals surface area contributed by atoms with E-state index in [1.807, 2.05) is 0 Å². The van der Waals surface area contributed by atoms with Crippen molar-refractivity contribution in [2.45, 2.75) is 28.4 Å². The first-order valence-electron chi connectivity index (χ1n) is 7.04. The lowest BCUT2D eigenvalue weighted by molar-refractivity contribution is -0.135. The van der Waals surface area contributed by atoms with Crippen LogP contribution in [0.4, 0.5) is 0 Å². The Morgan fingerprint density at radius 2 is 0.800 bits per heavy atom. The minimum atomic E-state index is -0.974. The molecule has 0 heterocycles. The molecule has 0 saturated heterocycles. The zero-order valence-corrected chi connectivity index (χ0v) is 16.4. The quantitative estimate of drug-likeness (QED) is 0.264. The first-order valence-corrected chi connectivity index (χ1v) is 11.2. The number of hydrogen-bond donors (Lipinski definition) is 4. The Morgan fingerprint density at radius 1 is 0.560 bits per heavy atom. The minimum Gasteiger partial charge on any atom is -0.481 e. The first kappa shape index (κ1) is 24.3. The Kier molecular flexibility index (Phi) is 14.0. The zero-order chi connectivity index (χ0) is 19.2. The van der Waals surface area contributed by atoms with Crippen LogP contribution in [0.1, 0.15) is 19.3 Å². The van der Waals surface area contributed by atoms with Gasteiger partial charge in [-0.1, -0.05) is 0 Å². The van der Waals surface area contributed by atoms with Crippen LogP contribution in [-0.2, 0) is 19.2 Å². The van der Waals surface area contributed by atoms with E-state index >= 15 is 0 Å². The summed E-state index contributed by atoms with van der Waals surface area (Å²) < 4.78 is -0.386. The Labute approximate surface area is 161 Å². The first-order chi connectivity index (χ1) is 11.7. The lowest BCUT2D eigenvalue weighted by Gasteiger charge is -2.17. The average Bonchev–Trinajstić information content (AvgIpc) is 2.50. The second-order valence-electron chi connectivity index (χ2n) is 4.61. The van der Waals surface area contributed by atoms with Crippen LogP contribution in [-0.4, -0.2) is 76.5 Å². The minimum absolute atomic E-state index is 0.123. The molecule has 0 aliphatic rings. The van der Waals surface area contributed by atoms with Crippen LogP contribution in [0.25, 0.3) is 0 Å². The summed E-state index contributed by atoms with van der Waals surface area (Å²) in [6.45, 7) is 0. The molecule has 0 aromatic rings. The molecule has 0 aliphatic carbocycles. The van der Waals surface area contributed by atoms with E-state index in [1.165, 1.54) is 0 Å². The zero-order valence-electron chi connectivity index (χ0n) is 13.2. The Hall–Kier alpha value is -0.720. The summed E-state index contributed by atoms with van der Waals surface area (Å²) >= 11 is 4.63. The molecule has 8 nitrogen and oxygen atoms in total. The number of carboxylic acids is 4. The molecular weight excluding hydrogens is 412 g/mol. The highest BCUT2D eigenvalue weighted by atomic mass is 32.2. The smallest absolute Gasteiger partial charge is 0.313 e. The topological polar surface area (TPSA) is 149 Å². The van der Waals surface area contributed by atoms with Gasteiger partial charge in [-0.3, -0.25) is 19.2 Å². The summed E-state index contributed by atoms with van der Waals surface area (Å²) in [5, 5.41) is 34.9. The molecule has 12 heteroatoms. The number of carbonyl (C=O) groups is 4. The van der Waals surface area contributed by atoms with E-state index in [2.05, 4.69) is 0 Å². The Balaban J connectivity index is 4.40. The molecule has 25 heavy (non-hydrogen) atoms. The highest BCUT2D eigenvalue weighted by Crippen LogP contribution is 2.32. The Morgan fingerprint density at radius 3 is 1.00 bits per heavy atom. The lowest BCUT2D eigenvalue weighted by Crippen LogP contribution is -2.11. The van der Waals surface area contributed by atoms with E-state index < -0.39 is 23.9 Å².